The van der Waals surface area contributed by atoms with E-state index in [1.807, 2.05) is 24.3 Å². The molecule has 6 heteroatoms. The van der Waals surface area contributed by atoms with Crippen LogP contribution in [0.25, 0.3) is 0 Å². The van der Waals surface area contributed by atoms with Gasteiger partial charge in [-0.3, -0.25) is 9.69 Å². The number of carbonyl (C=O) groups excluding carboxylic acids is 1. The van der Waals surface area contributed by atoms with Crippen LogP contribution in [0.3, 0.4) is 0 Å². The monoisotopic (exact) mass is 372 g/mol. The third kappa shape index (κ3) is 4.39. The summed E-state index contributed by atoms with van der Waals surface area (Å²) in [6.07, 6.45) is 2.27. The van der Waals surface area contributed by atoms with Crippen molar-refractivity contribution in [2.45, 2.75) is 18.9 Å². The van der Waals surface area contributed by atoms with Crippen LogP contribution >= 0.6 is 0 Å². The zero-order chi connectivity index (χ0) is 19.2. The average Bonchev–Trinajstić information content (AvgIpc) is 3.22. The van der Waals surface area contributed by atoms with E-state index in [1.54, 1.807) is 7.11 Å². The Labute approximate surface area is 159 Å². The Morgan fingerprint density at radius 2 is 1.81 bits per heavy atom. The van der Waals surface area contributed by atoms with Crippen LogP contribution in [0.4, 0.5) is 4.39 Å². The van der Waals surface area contributed by atoms with Crippen LogP contribution in [0.5, 0.6) is 11.5 Å². The number of carbonyl (C=O) groups is 1. The maximum Gasteiger partial charge on any atom is 0.255 e. The van der Waals surface area contributed by atoms with E-state index in [9.17, 15) is 9.18 Å². The number of para-hydroxylation sites is 1. The molecule has 1 amide bonds. The molecule has 1 atom stereocenters. The van der Waals surface area contributed by atoms with Crippen molar-refractivity contribution in [3.05, 3.63) is 59.4 Å². The summed E-state index contributed by atoms with van der Waals surface area (Å²) in [6.45, 7) is 2.35. The van der Waals surface area contributed by atoms with Gasteiger partial charge in [-0.2, -0.15) is 0 Å². The van der Waals surface area contributed by atoms with E-state index in [0.717, 1.165) is 37.2 Å². The molecule has 3 rings (SSSR count). The molecule has 0 saturated carbocycles. The molecule has 27 heavy (non-hydrogen) atoms. The van der Waals surface area contributed by atoms with Crippen LogP contribution < -0.4 is 14.8 Å². The number of nitrogens with zero attached hydrogens (tertiary/aromatic N) is 1. The van der Waals surface area contributed by atoms with Gasteiger partial charge in [-0.25, -0.2) is 4.39 Å². The second kappa shape index (κ2) is 8.86. The summed E-state index contributed by atoms with van der Waals surface area (Å²) in [4.78, 5) is 15.0. The number of amides is 1. The van der Waals surface area contributed by atoms with Gasteiger partial charge in [0.1, 0.15) is 17.3 Å². The molecule has 0 aromatic heterocycles. The predicted octanol–water partition coefficient (Wildman–Crippen LogP) is 3.41. The van der Waals surface area contributed by atoms with Gasteiger partial charge in [0.05, 0.1) is 25.8 Å². The first-order chi connectivity index (χ1) is 13.1. The van der Waals surface area contributed by atoms with Gasteiger partial charge in [-0.15, -0.1) is 0 Å². The molecule has 0 radical (unpaired) electrons. The summed E-state index contributed by atoms with van der Waals surface area (Å²) < 4.78 is 24.3. The lowest BCUT2D eigenvalue weighted by Gasteiger charge is -2.29. The predicted molar refractivity (Wildman–Crippen MR) is 102 cm³/mol. The summed E-state index contributed by atoms with van der Waals surface area (Å²) >= 11 is 0. The fourth-order valence-corrected chi connectivity index (χ4v) is 3.57. The number of likely N-dealkylation sites (tertiary alicyclic amines) is 1. The number of halogens is 1. The molecule has 2 aromatic rings. The van der Waals surface area contributed by atoms with Crippen LogP contribution in [0, 0.1) is 5.82 Å². The molecule has 0 aliphatic carbocycles. The van der Waals surface area contributed by atoms with Gasteiger partial charge in [-0.1, -0.05) is 18.2 Å². The molecule has 2 aromatic carbocycles. The van der Waals surface area contributed by atoms with Crippen LogP contribution in [0.15, 0.2) is 42.5 Å². The van der Waals surface area contributed by atoms with Crippen molar-refractivity contribution >= 4 is 5.91 Å². The van der Waals surface area contributed by atoms with Gasteiger partial charge in [0.25, 0.3) is 5.91 Å². The number of methoxy groups -OCH3 is 2. The van der Waals surface area contributed by atoms with Crippen LogP contribution in [0.1, 0.15) is 34.8 Å². The topological polar surface area (TPSA) is 50.8 Å². The zero-order valence-corrected chi connectivity index (χ0v) is 15.7. The SMILES string of the molecule is COc1ccc(F)cc1C(=O)NCC(c1ccccc1OC)N1CCCC1. The largest absolute Gasteiger partial charge is 0.496 e. The molecule has 1 heterocycles. The molecule has 1 unspecified atom stereocenters. The first kappa shape index (κ1) is 19.2. The summed E-state index contributed by atoms with van der Waals surface area (Å²) in [6, 6.07) is 11.8. The van der Waals surface area contributed by atoms with E-state index < -0.39 is 5.82 Å². The molecule has 1 saturated heterocycles. The standard InChI is InChI=1S/C21H25FN2O3/c1-26-19-8-4-3-7-16(19)18(24-11-5-6-12-24)14-23-21(25)17-13-15(22)9-10-20(17)27-2/h3-4,7-10,13,18H,5-6,11-12,14H2,1-2H3,(H,23,25). The minimum atomic E-state index is -0.471. The van der Waals surface area contributed by atoms with Crippen LogP contribution in [-0.2, 0) is 0 Å². The molecular weight excluding hydrogens is 347 g/mol. The number of nitrogens with one attached hydrogen (secondary N) is 1. The van der Waals surface area contributed by atoms with Crippen molar-refractivity contribution in [2.75, 3.05) is 33.9 Å². The Hall–Kier alpha value is -2.60. The highest BCUT2D eigenvalue weighted by Gasteiger charge is 2.26. The molecule has 0 spiro atoms. The molecule has 0 bridgehead atoms. The Morgan fingerprint density at radius 3 is 2.52 bits per heavy atom. The van der Waals surface area contributed by atoms with Gasteiger partial charge >= 0.3 is 0 Å². The van der Waals surface area contributed by atoms with Gasteiger partial charge in [0.2, 0.25) is 0 Å². The quantitative estimate of drug-likeness (QED) is 0.809. The Morgan fingerprint density at radius 1 is 1.11 bits per heavy atom. The van der Waals surface area contributed by atoms with E-state index in [2.05, 4.69) is 10.2 Å². The number of rotatable bonds is 7. The first-order valence-electron chi connectivity index (χ1n) is 9.12. The Kier molecular flexibility index (Phi) is 6.29. The third-order valence-electron chi connectivity index (χ3n) is 4.94. The molecule has 1 aliphatic rings. The maximum absolute atomic E-state index is 13.6. The van der Waals surface area contributed by atoms with E-state index in [4.69, 9.17) is 9.47 Å². The second-order valence-electron chi connectivity index (χ2n) is 6.56. The number of benzene rings is 2. The van der Waals surface area contributed by atoms with E-state index >= 15 is 0 Å². The van der Waals surface area contributed by atoms with Gasteiger partial charge in [-0.05, 0) is 50.2 Å². The van der Waals surface area contributed by atoms with Crippen LogP contribution in [-0.4, -0.2) is 44.7 Å². The second-order valence-corrected chi connectivity index (χ2v) is 6.56. The van der Waals surface area contributed by atoms with Crippen molar-refractivity contribution in [1.29, 1.82) is 0 Å². The highest BCUT2D eigenvalue weighted by Crippen LogP contribution is 2.31. The Balaban J connectivity index is 1.81. The highest BCUT2D eigenvalue weighted by atomic mass is 19.1. The molecule has 5 nitrogen and oxygen atoms in total. The van der Waals surface area contributed by atoms with Crippen molar-refractivity contribution < 1.29 is 18.7 Å². The lowest BCUT2D eigenvalue weighted by molar-refractivity contribution is 0.0934. The lowest BCUT2D eigenvalue weighted by atomic mass is 10.0. The molecule has 144 valence electrons. The average molecular weight is 372 g/mol. The first-order valence-corrected chi connectivity index (χ1v) is 9.12. The molecule has 1 aliphatic heterocycles. The summed E-state index contributed by atoms with van der Waals surface area (Å²) in [5.74, 6) is 0.322. The molecular formula is C21H25FN2O3. The van der Waals surface area contributed by atoms with Crippen molar-refractivity contribution in [3.63, 3.8) is 0 Å². The normalized spacial score (nSPS) is 15.4. The van der Waals surface area contributed by atoms with Gasteiger partial charge in [0, 0.05) is 12.1 Å². The fourth-order valence-electron chi connectivity index (χ4n) is 3.57. The number of ether oxygens (including phenoxy) is 2. The molecule has 1 N–H and O–H groups in total. The summed E-state index contributed by atoms with van der Waals surface area (Å²) in [5.41, 5.74) is 1.23. The minimum absolute atomic E-state index is 0.00726. The summed E-state index contributed by atoms with van der Waals surface area (Å²) in [5, 5.41) is 2.94. The van der Waals surface area contributed by atoms with Gasteiger partial charge < -0.3 is 14.8 Å². The van der Waals surface area contributed by atoms with E-state index in [1.165, 1.54) is 25.3 Å². The zero-order valence-electron chi connectivity index (χ0n) is 15.7. The van der Waals surface area contributed by atoms with Crippen molar-refractivity contribution in [1.82, 2.24) is 10.2 Å². The number of hydrogen-bond acceptors (Lipinski definition) is 4. The lowest BCUT2D eigenvalue weighted by Crippen LogP contribution is -2.37. The Bertz CT molecular complexity index is 791. The van der Waals surface area contributed by atoms with Gasteiger partial charge in [0.15, 0.2) is 0 Å². The van der Waals surface area contributed by atoms with E-state index in [0.29, 0.717) is 12.3 Å². The summed E-state index contributed by atoms with van der Waals surface area (Å²) in [7, 11) is 3.11. The molecule has 1 fully saturated rings. The highest BCUT2D eigenvalue weighted by molar-refractivity contribution is 5.97. The van der Waals surface area contributed by atoms with Crippen molar-refractivity contribution in [3.8, 4) is 11.5 Å². The van der Waals surface area contributed by atoms with E-state index in [-0.39, 0.29) is 17.5 Å². The maximum atomic E-state index is 13.6. The minimum Gasteiger partial charge on any atom is -0.496 e. The number of hydrogen-bond donors (Lipinski definition) is 1. The smallest absolute Gasteiger partial charge is 0.255 e. The van der Waals surface area contributed by atoms with Crippen LogP contribution in [0.2, 0.25) is 0 Å². The van der Waals surface area contributed by atoms with Crippen molar-refractivity contribution in [2.24, 2.45) is 0 Å². The third-order valence-corrected chi connectivity index (χ3v) is 4.94. The fraction of sp³-hybridized carbons (Fsp3) is 0.381.